The van der Waals surface area contributed by atoms with Crippen LogP contribution in [-0.4, -0.2) is 36.1 Å². The highest BCUT2D eigenvalue weighted by Crippen LogP contribution is 2.22. The van der Waals surface area contributed by atoms with Crippen LogP contribution in [0, 0.1) is 0 Å². The molecule has 132 valence electrons. The molecule has 0 fully saturated rings. The van der Waals surface area contributed by atoms with Crippen LogP contribution in [0.25, 0.3) is 0 Å². The van der Waals surface area contributed by atoms with E-state index >= 15 is 0 Å². The van der Waals surface area contributed by atoms with Crippen molar-refractivity contribution in [1.82, 2.24) is 15.0 Å². The first-order chi connectivity index (χ1) is 12.6. The quantitative estimate of drug-likeness (QED) is 0.651. The average Bonchev–Trinajstić information content (AvgIpc) is 2.68. The summed E-state index contributed by atoms with van der Waals surface area (Å²) in [5.74, 6) is 1.53. The Morgan fingerprint density at radius 2 is 1.38 bits per heavy atom. The summed E-state index contributed by atoms with van der Waals surface area (Å²) in [6, 6.07) is 17.2. The average molecular weight is 348 g/mol. The highest BCUT2D eigenvalue weighted by molar-refractivity contribution is 5.58. The van der Waals surface area contributed by atoms with Gasteiger partial charge in [0.05, 0.1) is 11.4 Å². The molecule has 3 aromatic rings. The Balaban J connectivity index is 1.73. The number of nitrogens with one attached hydrogen (secondary N) is 2. The standard InChI is InChI=1S/C18H20N8/c1-19-16-21-17(23-18(22-16)26(2)3)20-13-9-11-15(12-10-13)25-24-14-7-5-4-6-8-14/h4-12H,1-3H3,(H2,19,20,21,22,23). The first-order valence-electron chi connectivity index (χ1n) is 8.09. The lowest BCUT2D eigenvalue weighted by molar-refractivity contribution is 0.963. The van der Waals surface area contributed by atoms with Crippen LogP contribution < -0.4 is 15.5 Å². The number of hydrogen-bond donors (Lipinski definition) is 2. The minimum atomic E-state index is 0.465. The van der Waals surface area contributed by atoms with Gasteiger partial charge >= 0.3 is 0 Å². The van der Waals surface area contributed by atoms with E-state index in [1.54, 1.807) is 7.05 Å². The number of nitrogens with zero attached hydrogens (tertiary/aromatic N) is 6. The molecular weight excluding hydrogens is 328 g/mol. The number of anilines is 4. The summed E-state index contributed by atoms with van der Waals surface area (Å²) < 4.78 is 0. The van der Waals surface area contributed by atoms with Crippen molar-refractivity contribution in [2.75, 3.05) is 36.7 Å². The summed E-state index contributed by atoms with van der Waals surface area (Å²) in [6.45, 7) is 0. The normalized spacial score (nSPS) is 10.7. The van der Waals surface area contributed by atoms with E-state index in [-0.39, 0.29) is 0 Å². The molecule has 0 unspecified atom stereocenters. The molecule has 8 nitrogen and oxygen atoms in total. The largest absolute Gasteiger partial charge is 0.357 e. The van der Waals surface area contributed by atoms with Crippen molar-refractivity contribution in [1.29, 1.82) is 0 Å². The molecule has 0 aliphatic rings. The summed E-state index contributed by atoms with van der Waals surface area (Å²) >= 11 is 0. The molecule has 0 saturated heterocycles. The van der Waals surface area contributed by atoms with E-state index in [4.69, 9.17) is 0 Å². The zero-order chi connectivity index (χ0) is 18.4. The molecule has 0 radical (unpaired) electrons. The van der Waals surface area contributed by atoms with E-state index in [1.807, 2.05) is 73.6 Å². The molecule has 1 heterocycles. The van der Waals surface area contributed by atoms with Gasteiger partial charge in [-0.2, -0.15) is 25.2 Å². The van der Waals surface area contributed by atoms with Gasteiger partial charge in [0.15, 0.2) is 0 Å². The van der Waals surface area contributed by atoms with Gasteiger partial charge in [0, 0.05) is 26.8 Å². The van der Waals surface area contributed by atoms with E-state index in [9.17, 15) is 0 Å². The van der Waals surface area contributed by atoms with Crippen LogP contribution in [0.1, 0.15) is 0 Å². The number of hydrogen-bond acceptors (Lipinski definition) is 8. The summed E-state index contributed by atoms with van der Waals surface area (Å²) in [5.41, 5.74) is 2.43. The van der Waals surface area contributed by atoms with E-state index in [0.29, 0.717) is 17.8 Å². The third kappa shape index (κ3) is 4.50. The van der Waals surface area contributed by atoms with Crippen LogP contribution in [0.5, 0.6) is 0 Å². The lowest BCUT2D eigenvalue weighted by atomic mass is 10.3. The molecular formula is C18H20N8. The summed E-state index contributed by atoms with van der Waals surface area (Å²) in [7, 11) is 5.53. The monoisotopic (exact) mass is 348 g/mol. The van der Waals surface area contributed by atoms with Crippen LogP contribution in [0.2, 0.25) is 0 Å². The van der Waals surface area contributed by atoms with Crippen molar-refractivity contribution in [3.05, 3.63) is 54.6 Å². The second-order valence-corrected chi connectivity index (χ2v) is 5.63. The molecule has 0 aliphatic heterocycles. The van der Waals surface area contributed by atoms with E-state index in [2.05, 4.69) is 35.8 Å². The first kappa shape index (κ1) is 17.3. The van der Waals surface area contributed by atoms with Crippen LogP contribution in [0.3, 0.4) is 0 Å². The van der Waals surface area contributed by atoms with Crippen molar-refractivity contribution in [3.63, 3.8) is 0 Å². The Kier molecular flexibility index (Phi) is 5.33. The van der Waals surface area contributed by atoms with Gasteiger partial charge in [-0.15, -0.1) is 0 Å². The SMILES string of the molecule is CNc1nc(Nc2ccc(N=Nc3ccccc3)cc2)nc(N(C)C)n1. The molecule has 1 aromatic heterocycles. The molecule has 8 heteroatoms. The van der Waals surface area contributed by atoms with Gasteiger partial charge in [-0.3, -0.25) is 0 Å². The maximum Gasteiger partial charge on any atom is 0.233 e. The van der Waals surface area contributed by atoms with Crippen LogP contribution in [0.15, 0.2) is 64.8 Å². The Morgan fingerprint density at radius 3 is 2.00 bits per heavy atom. The van der Waals surface area contributed by atoms with Crippen LogP contribution in [0.4, 0.5) is 34.9 Å². The molecule has 2 N–H and O–H groups in total. The Morgan fingerprint density at radius 1 is 0.769 bits per heavy atom. The second-order valence-electron chi connectivity index (χ2n) is 5.63. The van der Waals surface area contributed by atoms with Crippen molar-refractivity contribution in [3.8, 4) is 0 Å². The molecule has 2 aromatic carbocycles. The topological polar surface area (TPSA) is 90.7 Å². The third-order valence-electron chi connectivity index (χ3n) is 3.41. The molecule has 26 heavy (non-hydrogen) atoms. The fourth-order valence-corrected chi connectivity index (χ4v) is 2.08. The minimum Gasteiger partial charge on any atom is -0.357 e. The molecule has 0 amide bonds. The van der Waals surface area contributed by atoms with Crippen molar-refractivity contribution in [2.24, 2.45) is 10.2 Å². The maximum atomic E-state index is 4.39. The summed E-state index contributed by atoms with van der Waals surface area (Å²) in [5, 5.41) is 14.5. The van der Waals surface area contributed by atoms with Gasteiger partial charge < -0.3 is 15.5 Å². The van der Waals surface area contributed by atoms with Gasteiger partial charge in [0.2, 0.25) is 17.8 Å². The number of azo groups is 1. The highest BCUT2D eigenvalue weighted by Gasteiger charge is 2.07. The maximum absolute atomic E-state index is 4.39. The van der Waals surface area contributed by atoms with Gasteiger partial charge in [0.25, 0.3) is 0 Å². The molecule has 3 rings (SSSR count). The van der Waals surface area contributed by atoms with E-state index < -0.39 is 0 Å². The van der Waals surface area contributed by atoms with Crippen molar-refractivity contribution < 1.29 is 0 Å². The number of benzene rings is 2. The fourth-order valence-electron chi connectivity index (χ4n) is 2.08. The lowest BCUT2D eigenvalue weighted by Crippen LogP contribution is -2.15. The van der Waals surface area contributed by atoms with E-state index in [0.717, 1.165) is 17.1 Å². The molecule has 0 aliphatic carbocycles. The number of rotatable bonds is 6. The predicted octanol–water partition coefficient (Wildman–Crippen LogP) is 4.14. The fraction of sp³-hybridized carbons (Fsp3) is 0.167. The van der Waals surface area contributed by atoms with Crippen molar-refractivity contribution in [2.45, 2.75) is 0 Å². The summed E-state index contributed by atoms with van der Waals surface area (Å²) in [4.78, 5) is 14.8. The number of aromatic nitrogens is 3. The second kappa shape index (κ2) is 8.02. The third-order valence-corrected chi connectivity index (χ3v) is 3.41. The minimum absolute atomic E-state index is 0.465. The summed E-state index contributed by atoms with van der Waals surface area (Å²) in [6.07, 6.45) is 0. The molecule has 0 bridgehead atoms. The lowest BCUT2D eigenvalue weighted by Gasteiger charge is -2.13. The first-order valence-corrected chi connectivity index (χ1v) is 8.09. The van der Waals surface area contributed by atoms with Gasteiger partial charge in [-0.25, -0.2) is 0 Å². The van der Waals surface area contributed by atoms with Gasteiger partial charge in [-0.1, -0.05) is 18.2 Å². The highest BCUT2D eigenvalue weighted by atomic mass is 15.3. The molecule has 0 saturated carbocycles. The molecule has 0 atom stereocenters. The smallest absolute Gasteiger partial charge is 0.233 e. The van der Waals surface area contributed by atoms with E-state index in [1.165, 1.54) is 0 Å². The molecule has 0 spiro atoms. The Bertz CT molecular complexity index is 875. The Labute approximate surface area is 152 Å². The Hall–Kier alpha value is -3.55. The van der Waals surface area contributed by atoms with Crippen molar-refractivity contribution >= 4 is 34.9 Å². The zero-order valence-corrected chi connectivity index (χ0v) is 14.9. The van der Waals surface area contributed by atoms with Crippen LogP contribution >= 0.6 is 0 Å². The predicted molar refractivity (Wildman–Crippen MR) is 104 cm³/mol. The zero-order valence-electron chi connectivity index (χ0n) is 14.9. The van der Waals surface area contributed by atoms with Crippen LogP contribution in [-0.2, 0) is 0 Å². The van der Waals surface area contributed by atoms with Gasteiger partial charge in [0.1, 0.15) is 0 Å². The van der Waals surface area contributed by atoms with Gasteiger partial charge in [-0.05, 0) is 36.4 Å².